The van der Waals surface area contributed by atoms with Gasteiger partial charge in [-0.3, -0.25) is 4.98 Å². The van der Waals surface area contributed by atoms with Crippen LogP contribution >= 0.6 is 0 Å². The summed E-state index contributed by atoms with van der Waals surface area (Å²) in [6, 6.07) is 20.4. The molecule has 0 aliphatic heterocycles. The van der Waals surface area contributed by atoms with Crippen molar-refractivity contribution < 1.29 is 0 Å². The van der Waals surface area contributed by atoms with Crippen LogP contribution in [0.5, 0.6) is 0 Å². The molecule has 0 bridgehead atoms. The zero-order chi connectivity index (χ0) is 18.1. The van der Waals surface area contributed by atoms with Gasteiger partial charge in [0.15, 0.2) is 11.5 Å². The predicted octanol–water partition coefficient (Wildman–Crippen LogP) is 4.10. The number of pyridine rings is 1. The summed E-state index contributed by atoms with van der Waals surface area (Å²) in [5, 5.41) is 5.79. The molecule has 5 aromatic rings. The Morgan fingerprint density at radius 1 is 0.815 bits per heavy atom. The molecule has 6 heteroatoms. The molecule has 1 unspecified atom stereocenters. The van der Waals surface area contributed by atoms with Gasteiger partial charge in [0.1, 0.15) is 11.8 Å². The first-order chi connectivity index (χ1) is 13.4. The molecule has 5 rings (SSSR count). The number of H-pyrrole nitrogens is 1. The first kappa shape index (κ1) is 15.5. The number of aromatic nitrogens is 5. The molecule has 0 spiro atoms. The average molecular weight is 352 g/mol. The van der Waals surface area contributed by atoms with E-state index in [4.69, 9.17) is 4.98 Å². The van der Waals surface area contributed by atoms with Crippen molar-refractivity contribution in [2.45, 2.75) is 6.04 Å². The molecular formula is C21H16N6. The van der Waals surface area contributed by atoms with Gasteiger partial charge in [-0.1, -0.05) is 54.6 Å². The lowest BCUT2D eigenvalue weighted by molar-refractivity contribution is 0.882. The van der Waals surface area contributed by atoms with Crippen molar-refractivity contribution in [3.05, 3.63) is 90.8 Å². The quantitative estimate of drug-likeness (QED) is 0.509. The number of hydrogen-bond acceptors (Lipinski definition) is 5. The maximum absolute atomic E-state index is 4.72. The van der Waals surface area contributed by atoms with Crippen molar-refractivity contribution in [3.63, 3.8) is 0 Å². The van der Waals surface area contributed by atoms with Gasteiger partial charge >= 0.3 is 0 Å². The second kappa shape index (κ2) is 6.49. The Morgan fingerprint density at radius 2 is 1.63 bits per heavy atom. The van der Waals surface area contributed by atoms with E-state index in [1.807, 2.05) is 36.5 Å². The van der Waals surface area contributed by atoms with Crippen LogP contribution in [0.2, 0.25) is 0 Å². The van der Waals surface area contributed by atoms with Crippen LogP contribution < -0.4 is 5.32 Å². The van der Waals surface area contributed by atoms with E-state index < -0.39 is 0 Å². The molecule has 6 nitrogen and oxygen atoms in total. The summed E-state index contributed by atoms with van der Waals surface area (Å²) in [5.74, 6) is 0.696. The minimum Gasteiger partial charge on any atom is -0.356 e. The van der Waals surface area contributed by atoms with E-state index in [-0.39, 0.29) is 6.04 Å². The number of nitrogens with one attached hydrogen (secondary N) is 2. The number of nitrogens with zero attached hydrogens (tertiary/aromatic N) is 4. The van der Waals surface area contributed by atoms with Crippen molar-refractivity contribution in [2.75, 3.05) is 5.32 Å². The third-order valence-electron chi connectivity index (χ3n) is 4.58. The molecule has 130 valence electrons. The molecule has 2 N–H and O–H groups in total. The number of fused-ring (bicyclic) bond motifs is 2. The largest absolute Gasteiger partial charge is 0.356 e. The van der Waals surface area contributed by atoms with E-state index in [2.05, 4.69) is 55.6 Å². The Kier molecular flexibility index (Phi) is 3.72. The first-order valence-electron chi connectivity index (χ1n) is 8.69. The molecule has 2 aromatic carbocycles. The minimum absolute atomic E-state index is 0.155. The SMILES string of the molecule is c1ccc(C(Nc2ncnc3nc[nH]c23)c2cc3ccccc3cn2)cc1. The first-order valence-corrected chi connectivity index (χ1v) is 8.69. The molecule has 1 atom stereocenters. The normalized spacial score (nSPS) is 12.3. The predicted molar refractivity (Wildman–Crippen MR) is 105 cm³/mol. The Hall–Kier alpha value is -3.80. The Morgan fingerprint density at radius 3 is 2.52 bits per heavy atom. The number of benzene rings is 2. The topological polar surface area (TPSA) is 79.4 Å². The van der Waals surface area contributed by atoms with Crippen molar-refractivity contribution in [1.29, 1.82) is 0 Å². The molecule has 0 saturated heterocycles. The number of rotatable bonds is 4. The summed E-state index contributed by atoms with van der Waals surface area (Å²) in [5.41, 5.74) is 3.43. The van der Waals surface area contributed by atoms with Crippen LogP contribution in [-0.2, 0) is 0 Å². The van der Waals surface area contributed by atoms with Crippen LogP contribution in [0.15, 0.2) is 79.5 Å². The van der Waals surface area contributed by atoms with Gasteiger partial charge in [0.2, 0.25) is 0 Å². The van der Waals surface area contributed by atoms with Gasteiger partial charge in [-0.05, 0) is 17.0 Å². The van der Waals surface area contributed by atoms with Crippen molar-refractivity contribution >= 4 is 27.8 Å². The maximum atomic E-state index is 4.72. The summed E-state index contributed by atoms with van der Waals surface area (Å²) in [6.07, 6.45) is 5.05. The highest BCUT2D eigenvalue weighted by atomic mass is 15.1. The molecular weight excluding hydrogens is 336 g/mol. The van der Waals surface area contributed by atoms with Crippen LogP contribution in [0.3, 0.4) is 0 Å². The van der Waals surface area contributed by atoms with Crippen LogP contribution in [0, 0.1) is 0 Å². The zero-order valence-corrected chi connectivity index (χ0v) is 14.4. The summed E-state index contributed by atoms with van der Waals surface area (Å²) in [7, 11) is 0. The summed E-state index contributed by atoms with van der Waals surface area (Å²) in [4.78, 5) is 20.6. The standard InChI is InChI=1S/C21H16N6/c1-2-6-14(7-3-1)18(17-10-15-8-4-5-9-16(15)11-22-17)27-21-19-20(24-12-23-19)25-13-26-21/h1-13,18H,(H2,23,24,25,26,27). The molecule has 0 aliphatic carbocycles. The van der Waals surface area contributed by atoms with Gasteiger partial charge in [-0.2, -0.15) is 0 Å². The minimum atomic E-state index is -0.155. The summed E-state index contributed by atoms with van der Waals surface area (Å²) in [6.45, 7) is 0. The van der Waals surface area contributed by atoms with E-state index in [0.717, 1.165) is 27.5 Å². The van der Waals surface area contributed by atoms with Gasteiger partial charge < -0.3 is 10.3 Å². The van der Waals surface area contributed by atoms with Gasteiger partial charge in [-0.25, -0.2) is 15.0 Å². The number of anilines is 1. The number of hydrogen-bond donors (Lipinski definition) is 2. The molecule has 0 fully saturated rings. The van der Waals surface area contributed by atoms with E-state index in [1.165, 1.54) is 6.33 Å². The van der Waals surface area contributed by atoms with E-state index >= 15 is 0 Å². The molecule has 0 saturated carbocycles. The molecule has 3 heterocycles. The maximum Gasteiger partial charge on any atom is 0.182 e. The highest BCUT2D eigenvalue weighted by Gasteiger charge is 2.18. The lowest BCUT2D eigenvalue weighted by Gasteiger charge is -2.20. The van der Waals surface area contributed by atoms with Crippen LogP contribution in [0.1, 0.15) is 17.3 Å². The molecule has 3 aromatic heterocycles. The van der Waals surface area contributed by atoms with Crippen molar-refractivity contribution in [2.24, 2.45) is 0 Å². The highest BCUT2D eigenvalue weighted by Crippen LogP contribution is 2.28. The molecule has 0 aliphatic rings. The summed E-state index contributed by atoms with van der Waals surface area (Å²) >= 11 is 0. The fraction of sp³-hybridized carbons (Fsp3) is 0.0476. The number of imidazole rings is 1. The summed E-state index contributed by atoms with van der Waals surface area (Å²) < 4.78 is 0. The van der Waals surface area contributed by atoms with Crippen molar-refractivity contribution in [3.8, 4) is 0 Å². The van der Waals surface area contributed by atoms with E-state index in [9.17, 15) is 0 Å². The van der Waals surface area contributed by atoms with Crippen LogP contribution in [-0.4, -0.2) is 24.9 Å². The second-order valence-electron chi connectivity index (χ2n) is 6.27. The number of aromatic amines is 1. The highest BCUT2D eigenvalue weighted by molar-refractivity contribution is 5.83. The Bertz CT molecular complexity index is 1210. The average Bonchev–Trinajstić information content (AvgIpc) is 3.22. The van der Waals surface area contributed by atoms with Gasteiger partial charge in [0, 0.05) is 11.6 Å². The molecule has 0 amide bonds. The van der Waals surface area contributed by atoms with Crippen molar-refractivity contribution in [1.82, 2.24) is 24.9 Å². The second-order valence-corrected chi connectivity index (χ2v) is 6.27. The van der Waals surface area contributed by atoms with Crippen LogP contribution in [0.4, 0.5) is 5.82 Å². The lowest BCUT2D eigenvalue weighted by Crippen LogP contribution is -2.15. The molecule has 0 radical (unpaired) electrons. The smallest absolute Gasteiger partial charge is 0.182 e. The van der Waals surface area contributed by atoms with Gasteiger partial charge in [0.05, 0.1) is 18.1 Å². The fourth-order valence-corrected chi connectivity index (χ4v) is 3.24. The lowest BCUT2D eigenvalue weighted by atomic mass is 10.0. The van der Waals surface area contributed by atoms with E-state index in [0.29, 0.717) is 11.5 Å². The molecule has 27 heavy (non-hydrogen) atoms. The third-order valence-corrected chi connectivity index (χ3v) is 4.58. The van der Waals surface area contributed by atoms with Crippen LogP contribution in [0.25, 0.3) is 21.9 Å². The Labute approximate surface area is 155 Å². The monoisotopic (exact) mass is 352 g/mol. The van der Waals surface area contributed by atoms with Gasteiger partial charge in [0.25, 0.3) is 0 Å². The van der Waals surface area contributed by atoms with E-state index in [1.54, 1.807) is 6.33 Å². The Balaban J connectivity index is 1.63. The fourth-order valence-electron chi connectivity index (χ4n) is 3.24. The third kappa shape index (κ3) is 2.87. The zero-order valence-electron chi connectivity index (χ0n) is 14.4. The van der Waals surface area contributed by atoms with Gasteiger partial charge in [-0.15, -0.1) is 0 Å².